The molecule has 0 saturated carbocycles. The molecule has 0 radical (unpaired) electrons. The molecule has 4 rings (SSSR count). The second-order valence-corrected chi connectivity index (χ2v) is 10.5. The van der Waals surface area contributed by atoms with Crippen LogP contribution < -0.4 is 5.73 Å². The summed E-state index contributed by atoms with van der Waals surface area (Å²) >= 11 is 0. The highest BCUT2D eigenvalue weighted by molar-refractivity contribution is 5.85. The molecule has 0 unspecified atom stereocenters. The van der Waals surface area contributed by atoms with Crippen LogP contribution in [0.15, 0.2) is 48.5 Å². The van der Waals surface area contributed by atoms with Gasteiger partial charge in [0.1, 0.15) is 0 Å². The lowest BCUT2D eigenvalue weighted by atomic mass is 9.92. The standard InChI is InChI=1S/C13H16N2O2.C13H18N2.CH4/c1-13(2,3)12-8-9-7-10(15(16)17)5-6-11(9)14(12)4;1-13(2,3)12-8-9-7-10(14)5-6-11(9)15(12)4;/h5-8H,1-4H3;5-8H,14H2,1-4H3;1H4. The van der Waals surface area contributed by atoms with Gasteiger partial charge in [-0.1, -0.05) is 49.0 Å². The topological polar surface area (TPSA) is 79.0 Å². The molecule has 178 valence electrons. The van der Waals surface area contributed by atoms with Gasteiger partial charge in [-0.15, -0.1) is 0 Å². The van der Waals surface area contributed by atoms with Crippen molar-refractivity contribution in [1.82, 2.24) is 9.13 Å². The molecule has 6 heteroatoms. The first-order chi connectivity index (χ1) is 14.7. The zero-order valence-corrected chi connectivity index (χ0v) is 20.4. The van der Waals surface area contributed by atoms with Crippen molar-refractivity contribution in [3.05, 3.63) is 70.0 Å². The van der Waals surface area contributed by atoms with E-state index in [9.17, 15) is 10.1 Å². The third-order valence-corrected chi connectivity index (χ3v) is 5.84. The van der Waals surface area contributed by atoms with E-state index < -0.39 is 0 Å². The number of anilines is 1. The van der Waals surface area contributed by atoms with E-state index in [1.165, 1.54) is 22.3 Å². The average Bonchev–Trinajstić information content (AvgIpc) is 3.19. The summed E-state index contributed by atoms with van der Waals surface area (Å²) in [5, 5.41) is 12.9. The van der Waals surface area contributed by atoms with E-state index in [1.807, 2.05) is 31.3 Å². The molecule has 33 heavy (non-hydrogen) atoms. The first-order valence-electron chi connectivity index (χ1n) is 10.8. The second kappa shape index (κ2) is 8.93. The van der Waals surface area contributed by atoms with E-state index in [-0.39, 0.29) is 28.9 Å². The van der Waals surface area contributed by atoms with Crippen molar-refractivity contribution in [3.8, 4) is 0 Å². The third kappa shape index (κ3) is 5.21. The van der Waals surface area contributed by atoms with E-state index in [4.69, 9.17) is 5.73 Å². The van der Waals surface area contributed by atoms with E-state index in [1.54, 1.807) is 12.1 Å². The molecule has 0 amide bonds. The number of aryl methyl sites for hydroxylation is 2. The van der Waals surface area contributed by atoms with Crippen LogP contribution in [-0.2, 0) is 24.9 Å². The Bertz CT molecular complexity index is 1300. The predicted octanol–water partition coefficient (Wildman–Crippen LogP) is 7.08. The van der Waals surface area contributed by atoms with Gasteiger partial charge >= 0.3 is 0 Å². The lowest BCUT2D eigenvalue weighted by Gasteiger charge is -2.19. The van der Waals surface area contributed by atoms with E-state index >= 15 is 0 Å². The Morgan fingerprint density at radius 2 is 1.18 bits per heavy atom. The molecule has 2 heterocycles. The number of nitro benzene ring substituents is 1. The monoisotopic (exact) mass is 450 g/mol. The highest BCUT2D eigenvalue weighted by atomic mass is 16.6. The number of nitrogen functional groups attached to an aromatic ring is 1. The van der Waals surface area contributed by atoms with Crippen molar-refractivity contribution >= 4 is 33.2 Å². The Balaban J connectivity index is 0.000000228. The average molecular weight is 451 g/mol. The van der Waals surface area contributed by atoms with Crippen molar-refractivity contribution in [1.29, 1.82) is 0 Å². The van der Waals surface area contributed by atoms with Gasteiger partial charge in [-0.05, 0) is 36.4 Å². The number of aromatic nitrogens is 2. The quantitative estimate of drug-likeness (QED) is 0.191. The van der Waals surface area contributed by atoms with Crippen LogP contribution in [-0.4, -0.2) is 14.1 Å². The minimum atomic E-state index is -0.358. The van der Waals surface area contributed by atoms with Gasteiger partial charge in [-0.25, -0.2) is 0 Å². The van der Waals surface area contributed by atoms with Crippen LogP contribution in [0, 0.1) is 10.1 Å². The molecule has 2 aromatic heterocycles. The number of rotatable bonds is 1. The second-order valence-electron chi connectivity index (χ2n) is 10.5. The third-order valence-electron chi connectivity index (χ3n) is 5.84. The van der Waals surface area contributed by atoms with E-state index in [0.717, 1.165) is 16.6 Å². The number of nitro groups is 1. The summed E-state index contributed by atoms with van der Waals surface area (Å²) in [6.07, 6.45) is 0. The van der Waals surface area contributed by atoms with Crippen LogP contribution in [0.4, 0.5) is 11.4 Å². The molecular formula is C27H38N4O2. The predicted molar refractivity (Wildman–Crippen MR) is 141 cm³/mol. The van der Waals surface area contributed by atoms with Gasteiger partial charge in [0.25, 0.3) is 5.69 Å². The summed E-state index contributed by atoms with van der Waals surface area (Å²) in [7, 11) is 4.11. The molecule has 0 spiro atoms. The molecule has 0 bridgehead atoms. The first-order valence-corrected chi connectivity index (χ1v) is 10.8. The van der Waals surface area contributed by atoms with Crippen LogP contribution in [0.25, 0.3) is 21.8 Å². The highest BCUT2D eigenvalue weighted by Gasteiger charge is 2.20. The number of fused-ring (bicyclic) bond motifs is 2. The molecule has 4 aromatic rings. The van der Waals surface area contributed by atoms with Crippen LogP contribution in [0.5, 0.6) is 0 Å². The number of nitrogens with two attached hydrogens (primary N) is 1. The maximum absolute atomic E-state index is 10.7. The lowest BCUT2D eigenvalue weighted by Crippen LogP contribution is -2.15. The zero-order valence-electron chi connectivity index (χ0n) is 20.4. The first kappa shape index (κ1) is 26.0. The summed E-state index contributed by atoms with van der Waals surface area (Å²) in [6.45, 7) is 13.1. The van der Waals surface area contributed by atoms with Gasteiger partial charge in [-0.3, -0.25) is 10.1 Å². The number of hydrogen-bond acceptors (Lipinski definition) is 3. The fourth-order valence-electron chi connectivity index (χ4n) is 4.26. The Morgan fingerprint density at radius 3 is 1.61 bits per heavy atom. The summed E-state index contributed by atoms with van der Waals surface area (Å²) in [5.74, 6) is 0. The molecule has 2 N–H and O–H groups in total. The SMILES string of the molecule is C.Cn1c(C(C)(C)C)cc2cc(N)ccc21.Cn1c(C(C)(C)C)cc2cc([N+](=O)[O-])ccc21. The van der Waals surface area contributed by atoms with Gasteiger partial charge in [0.15, 0.2) is 0 Å². The number of benzene rings is 2. The van der Waals surface area contributed by atoms with Crippen LogP contribution >= 0.6 is 0 Å². The largest absolute Gasteiger partial charge is 0.399 e. The molecule has 0 aliphatic carbocycles. The fraction of sp³-hybridized carbons (Fsp3) is 0.407. The molecule has 0 saturated heterocycles. The van der Waals surface area contributed by atoms with Gasteiger partial charge in [0.2, 0.25) is 0 Å². The maximum Gasteiger partial charge on any atom is 0.270 e. The Morgan fingerprint density at radius 1 is 0.758 bits per heavy atom. The zero-order chi connectivity index (χ0) is 24.0. The molecule has 6 nitrogen and oxygen atoms in total. The normalized spacial score (nSPS) is 11.8. The van der Waals surface area contributed by atoms with Crippen molar-refractivity contribution in [2.24, 2.45) is 14.1 Å². The van der Waals surface area contributed by atoms with Crippen LogP contribution in [0.1, 0.15) is 60.4 Å². The summed E-state index contributed by atoms with van der Waals surface area (Å²) < 4.78 is 4.34. The van der Waals surface area contributed by atoms with Gasteiger partial charge < -0.3 is 14.9 Å². The van der Waals surface area contributed by atoms with Crippen LogP contribution in [0.3, 0.4) is 0 Å². The number of nitrogens with zero attached hydrogens (tertiary/aromatic N) is 3. The van der Waals surface area contributed by atoms with Crippen molar-refractivity contribution < 1.29 is 4.92 Å². The number of non-ortho nitro benzene ring substituents is 1. The summed E-state index contributed by atoms with van der Waals surface area (Å²) in [4.78, 5) is 10.4. The Hall–Kier alpha value is -3.28. The van der Waals surface area contributed by atoms with Gasteiger partial charge in [0, 0.05) is 75.9 Å². The summed E-state index contributed by atoms with van der Waals surface area (Å²) in [6, 6.07) is 15.3. The molecule has 0 atom stereocenters. The highest BCUT2D eigenvalue weighted by Crippen LogP contribution is 2.31. The molecular weight excluding hydrogens is 412 g/mol. The van der Waals surface area contributed by atoms with Gasteiger partial charge in [0.05, 0.1) is 4.92 Å². The molecule has 0 fully saturated rings. The fourth-order valence-corrected chi connectivity index (χ4v) is 4.26. The van der Waals surface area contributed by atoms with Crippen molar-refractivity contribution in [3.63, 3.8) is 0 Å². The van der Waals surface area contributed by atoms with E-state index in [0.29, 0.717) is 0 Å². The van der Waals surface area contributed by atoms with Gasteiger partial charge in [-0.2, -0.15) is 0 Å². The van der Waals surface area contributed by atoms with Crippen molar-refractivity contribution in [2.45, 2.75) is 59.8 Å². The van der Waals surface area contributed by atoms with Crippen molar-refractivity contribution in [2.75, 3.05) is 5.73 Å². The number of hydrogen-bond donors (Lipinski definition) is 1. The van der Waals surface area contributed by atoms with E-state index in [2.05, 4.69) is 69.9 Å². The minimum Gasteiger partial charge on any atom is -0.399 e. The smallest absolute Gasteiger partial charge is 0.270 e. The minimum absolute atomic E-state index is 0. The molecule has 0 aliphatic heterocycles. The molecule has 0 aliphatic rings. The summed E-state index contributed by atoms with van der Waals surface area (Å²) in [5.41, 5.74) is 11.7. The molecule has 2 aromatic carbocycles. The lowest BCUT2D eigenvalue weighted by molar-refractivity contribution is -0.384. The Kier molecular flexibility index (Phi) is 7.03. The maximum atomic E-state index is 10.7. The van der Waals surface area contributed by atoms with Crippen LogP contribution in [0.2, 0.25) is 0 Å². The Labute approximate surface area is 197 Å².